The number of ketones is 2. The third-order valence-electron chi connectivity index (χ3n) is 4.05. The van der Waals surface area contributed by atoms with Gasteiger partial charge in [0.1, 0.15) is 5.78 Å². The fraction of sp³-hybridized carbons (Fsp3) is 0.412. The molecule has 0 radical (unpaired) electrons. The summed E-state index contributed by atoms with van der Waals surface area (Å²) in [6.07, 6.45) is 0.305. The van der Waals surface area contributed by atoms with Crippen LogP contribution in [0.3, 0.4) is 0 Å². The lowest BCUT2D eigenvalue weighted by Gasteiger charge is -2.35. The van der Waals surface area contributed by atoms with Gasteiger partial charge in [0.15, 0.2) is 11.6 Å². The molecule has 1 aromatic heterocycles. The molecule has 1 aliphatic rings. The quantitative estimate of drug-likeness (QED) is 0.775. The van der Waals surface area contributed by atoms with Crippen LogP contribution in [0.5, 0.6) is 0 Å². The van der Waals surface area contributed by atoms with E-state index in [1.165, 1.54) is 11.5 Å². The van der Waals surface area contributed by atoms with E-state index in [-0.39, 0.29) is 11.6 Å². The van der Waals surface area contributed by atoms with Crippen molar-refractivity contribution in [2.45, 2.75) is 20.3 Å². The molecule has 0 N–H and O–H groups in total. The summed E-state index contributed by atoms with van der Waals surface area (Å²) < 4.78 is 4.26. The summed E-state index contributed by atoms with van der Waals surface area (Å²) in [6, 6.07) is 7.76. The molecule has 6 nitrogen and oxygen atoms in total. The predicted molar refractivity (Wildman–Crippen MR) is 95.2 cm³/mol. The molecule has 0 amide bonds. The molecule has 0 unspecified atom stereocenters. The Morgan fingerprint density at radius 2 is 1.67 bits per heavy atom. The van der Waals surface area contributed by atoms with Gasteiger partial charge in [-0.15, -0.1) is 0 Å². The fourth-order valence-electron chi connectivity index (χ4n) is 2.73. The summed E-state index contributed by atoms with van der Waals surface area (Å²) in [5.41, 5.74) is 1.87. The van der Waals surface area contributed by atoms with E-state index >= 15 is 0 Å². The van der Waals surface area contributed by atoms with E-state index < -0.39 is 0 Å². The molecule has 1 aliphatic heterocycles. The van der Waals surface area contributed by atoms with Gasteiger partial charge in [-0.25, -0.2) is 4.98 Å². The minimum absolute atomic E-state index is 0.0816. The molecule has 0 spiro atoms. The van der Waals surface area contributed by atoms with Crippen LogP contribution in [0.2, 0.25) is 0 Å². The van der Waals surface area contributed by atoms with E-state index in [0.717, 1.165) is 42.6 Å². The molecule has 2 heterocycles. The summed E-state index contributed by atoms with van der Waals surface area (Å²) in [5, 5.41) is 0.887. The van der Waals surface area contributed by atoms with Crippen molar-refractivity contribution in [1.82, 2.24) is 9.36 Å². The Balaban J connectivity index is 1.60. The summed E-state index contributed by atoms with van der Waals surface area (Å²) >= 11 is 1.36. The molecule has 3 rings (SSSR count). The lowest BCUT2D eigenvalue weighted by Crippen LogP contribution is -2.46. The molecule has 24 heavy (non-hydrogen) atoms. The first-order valence-electron chi connectivity index (χ1n) is 7.96. The van der Waals surface area contributed by atoms with Gasteiger partial charge in [0.2, 0.25) is 5.13 Å². The molecular weight excluding hydrogens is 324 g/mol. The number of piperazine rings is 1. The first kappa shape index (κ1) is 16.6. The van der Waals surface area contributed by atoms with Crippen molar-refractivity contribution < 1.29 is 9.59 Å². The van der Waals surface area contributed by atoms with Crippen molar-refractivity contribution in [3.63, 3.8) is 0 Å². The topological polar surface area (TPSA) is 66.4 Å². The second kappa shape index (κ2) is 7.09. The normalized spacial score (nSPS) is 14.8. The average molecular weight is 344 g/mol. The van der Waals surface area contributed by atoms with E-state index in [1.807, 2.05) is 24.3 Å². The zero-order valence-corrected chi connectivity index (χ0v) is 14.7. The van der Waals surface area contributed by atoms with Gasteiger partial charge in [-0.1, -0.05) is 0 Å². The minimum Gasteiger partial charge on any atom is -0.368 e. The maximum atomic E-state index is 11.3. The van der Waals surface area contributed by atoms with E-state index in [2.05, 4.69) is 19.2 Å². The molecule has 0 saturated carbocycles. The van der Waals surface area contributed by atoms with Crippen LogP contribution in [0.4, 0.5) is 10.8 Å². The summed E-state index contributed by atoms with van der Waals surface area (Å²) in [6.45, 7) is 6.64. The zero-order valence-electron chi connectivity index (χ0n) is 13.9. The standard InChI is InChI=1S/C17H20N4O2S/c1-12(22)11-16-18-17(24-19-16)21-9-7-20(8-10-21)15-5-3-14(4-6-15)13(2)23/h3-6H,7-11H2,1-2H3. The van der Waals surface area contributed by atoms with Gasteiger partial charge in [0.05, 0.1) is 6.42 Å². The van der Waals surface area contributed by atoms with Crippen LogP contribution in [0.15, 0.2) is 24.3 Å². The number of carbonyl (C=O) groups is 2. The smallest absolute Gasteiger partial charge is 0.205 e. The SMILES string of the molecule is CC(=O)Cc1nsc(N2CCN(c3ccc(C(C)=O)cc3)CC2)n1. The van der Waals surface area contributed by atoms with Crippen molar-refractivity contribution >= 4 is 33.9 Å². The van der Waals surface area contributed by atoms with E-state index in [9.17, 15) is 9.59 Å². The van der Waals surface area contributed by atoms with Crippen LogP contribution in [0, 0.1) is 0 Å². The highest BCUT2D eigenvalue weighted by atomic mass is 32.1. The number of carbonyl (C=O) groups excluding carboxylic acids is 2. The second-order valence-electron chi connectivity index (χ2n) is 5.95. The van der Waals surface area contributed by atoms with Gasteiger partial charge in [-0.2, -0.15) is 4.37 Å². The van der Waals surface area contributed by atoms with Gasteiger partial charge in [-0.05, 0) is 38.1 Å². The van der Waals surface area contributed by atoms with E-state index in [4.69, 9.17) is 0 Å². The number of rotatable bonds is 5. The molecular formula is C17H20N4O2S. The highest BCUT2D eigenvalue weighted by Crippen LogP contribution is 2.22. The van der Waals surface area contributed by atoms with Crippen molar-refractivity contribution in [2.75, 3.05) is 36.0 Å². The Morgan fingerprint density at radius 1 is 1.04 bits per heavy atom. The third kappa shape index (κ3) is 3.79. The van der Waals surface area contributed by atoms with Gasteiger partial charge >= 0.3 is 0 Å². The number of hydrogen-bond acceptors (Lipinski definition) is 7. The molecule has 1 aromatic carbocycles. The highest BCUT2D eigenvalue weighted by Gasteiger charge is 2.20. The number of anilines is 2. The maximum absolute atomic E-state index is 11.3. The molecule has 0 bridgehead atoms. The Labute approximate surface area is 145 Å². The zero-order chi connectivity index (χ0) is 17.1. The number of aromatic nitrogens is 2. The average Bonchev–Trinajstić information content (AvgIpc) is 3.03. The Bertz CT molecular complexity index is 733. The van der Waals surface area contributed by atoms with Crippen LogP contribution in [0.1, 0.15) is 30.0 Å². The van der Waals surface area contributed by atoms with Crippen LogP contribution in [-0.4, -0.2) is 47.1 Å². The molecule has 7 heteroatoms. The van der Waals surface area contributed by atoms with Gasteiger partial charge in [0, 0.05) is 49.0 Å². The molecule has 2 aromatic rings. The van der Waals surface area contributed by atoms with Crippen molar-refractivity contribution in [1.29, 1.82) is 0 Å². The van der Waals surface area contributed by atoms with Crippen LogP contribution >= 0.6 is 11.5 Å². The van der Waals surface area contributed by atoms with Gasteiger partial charge in [-0.3, -0.25) is 9.59 Å². The molecule has 0 atom stereocenters. The lowest BCUT2D eigenvalue weighted by molar-refractivity contribution is -0.116. The van der Waals surface area contributed by atoms with Crippen LogP contribution in [0.25, 0.3) is 0 Å². The van der Waals surface area contributed by atoms with E-state index in [1.54, 1.807) is 13.8 Å². The second-order valence-corrected chi connectivity index (χ2v) is 6.68. The minimum atomic E-state index is 0.0816. The molecule has 1 saturated heterocycles. The monoisotopic (exact) mass is 344 g/mol. The largest absolute Gasteiger partial charge is 0.368 e. The first-order chi connectivity index (χ1) is 11.5. The summed E-state index contributed by atoms with van der Waals surface area (Å²) in [7, 11) is 0. The Kier molecular flexibility index (Phi) is 4.89. The van der Waals surface area contributed by atoms with Crippen LogP contribution < -0.4 is 9.80 Å². The van der Waals surface area contributed by atoms with E-state index in [0.29, 0.717) is 12.2 Å². The lowest BCUT2D eigenvalue weighted by atomic mass is 10.1. The fourth-order valence-corrected chi connectivity index (χ4v) is 3.47. The molecule has 126 valence electrons. The van der Waals surface area contributed by atoms with Crippen LogP contribution in [-0.2, 0) is 11.2 Å². The predicted octanol–water partition coefficient (Wildman–Crippen LogP) is 2.20. The van der Waals surface area contributed by atoms with Gasteiger partial charge < -0.3 is 9.80 Å². The number of hydrogen-bond donors (Lipinski definition) is 0. The third-order valence-corrected chi connectivity index (χ3v) is 4.87. The Morgan fingerprint density at radius 3 is 2.25 bits per heavy atom. The number of benzene rings is 1. The number of nitrogens with zero attached hydrogens (tertiary/aromatic N) is 4. The summed E-state index contributed by atoms with van der Waals surface area (Å²) in [5.74, 6) is 0.784. The van der Waals surface area contributed by atoms with Crippen molar-refractivity contribution in [3.05, 3.63) is 35.7 Å². The first-order valence-corrected chi connectivity index (χ1v) is 8.73. The maximum Gasteiger partial charge on any atom is 0.205 e. The Hall–Kier alpha value is -2.28. The highest BCUT2D eigenvalue weighted by molar-refractivity contribution is 7.09. The number of Topliss-reactive ketones (excluding diaryl/α,β-unsaturated/α-hetero) is 2. The summed E-state index contributed by atoms with van der Waals surface area (Å²) in [4.78, 5) is 31.5. The van der Waals surface area contributed by atoms with Crippen molar-refractivity contribution in [3.8, 4) is 0 Å². The van der Waals surface area contributed by atoms with Crippen molar-refractivity contribution in [2.24, 2.45) is 0 Å². The molecule has 0 aliphatic carbocycles. The molecule has 1 fully saturated rings. The van der Waals surface area contributed by atoms with Gasteiger partial charge in [0.25, 0.3) is 0 Å².